The van der Waals surface area contributed by atoms with Gasteiger partial charge in [0.1, 0.15) is 4.32 Å². The van der Waals surface area contributed by atoms with E-state index in [4.69, 9.17) is 17.3 Å². The van der Waals surface area contributed by atoms with Gasteiger partial charge >= 0.3 is 5.97 Å². The lowest BCUT2D eigenvalue weighted by atomic mass is 9.94. The van der Waals surface area contributed by atoms with Gasteiger partial charge in [0, 0.05) is 13.0 Å². The number of carbonyl (C=O) groups is 2. The van der Waals surface area contributed by atoms with Crippen molar-refractivity contribution in [3.05, 3.63) is 23.1 Å². The summed E-state index contributed by atoms with van der Waals surface area (Å²) in [5, 5.41) is 8.63. The average Bonchev–Trinajstić information content (AvgIpc) is 2.67. The van der Waals surface area contributed by atoms with E-state index < -0.39 is 5.97 Å². The Hall–Kier alpha value is -1.14. The number of carboxylic acid groups (broad SMARTS) is 1. The van der Waals surface area contributed by atoms with E-state index >= 15 is 0 Å². The van der Waals surface area contributed by atoms with Crippen LogP contribution in [0.1, 0.15) is 32.1 Å². The molecule has 1 heterocycles. The maximum atomic E-state index is 12.2. The van der Waals surface area contributed by atoms with Gasteiger partial charge in [-0.25, -0.2) is 0 Å². The topological polar surface area (TPSA) is 57.6 Å². The van der Waals surface area contributed by atoms with Crippen LogP contribution < -0.4 is 0 Å². The van der Waals surface area contributed by atoms with E-state index in [-0.39, 0.29) is 12.3 Å². The van der Waals surface area contributed by atoms with E-state index in [0.29, 0.717) is 28.1 Å². The molecule has 0 aromatic carbocycles. The standard InChI is InChI=1S/C14H17NO3S2/c16-12(17)7-4-8-15-13(18)11(20-14(15)19)9-10-5-2-1-3-6-10/h1-2,9-10H,3-8H2,(H,16,17)/b11-9-. The molecule has 1 unspecified atom stereocenters. The summed E-state index contributed by atoms with van der Waals surface area (Å²) < 4.78 is 0.540. The molecule has 0 radical (unpaired) electrons. The molecule has 1 amide bonds. The van der Waals surface area contributed by atoms with Gasteiger partial charge in [0.25, 0.3) is 5.91 Å². The summed E-state index contributed by atoms with van der Waals surface area (Å²) in [4.78, 5) is 25.0. The Morgan fingerprint density at radius 3 is 3.00 bits per heavy atom. The van der Waals surface area contributed by atoms with Gasteiger partial charge in [0.15, 0.2) is 0 Å². The number of aliphatic carboxylic acids is 1. The van der Waals surface area contributed by atoms with Gasteiger partial charge in [0.2, 0.25) is 0 Å². The van der Waals surface area contributed by atoms with Crippen LogP contribution in [0.3, 0.4) is 0 Å². The van der Waals surface area contributed by atoms with Gasteiger partial charge in [0.05, 0.1) is 4.91 Å². The zero-order valence-electron chi connectivity index (χ0n) is 11.1. The first-order valence-corrected chi connectivity index (χ1v) is 7.92. The lowest BCUT2D eigenvalue weighted by molar-refractivity contribution is -0.137. The summed E-state index contributed by atoms with van der Waals surface area (Å²) in [7, 11) is 0. The minimum Gasteiger partial charge on any atom is -0.481 e. The molecule has 1 fully saturated rings. The molecule has 0 aromatic rings. The highest BCUT2D eigenvalue weighted by Gasteiger charge is 2.32. The fourth-order valence-electron chi connectivity index (χ4n) is 2.28. The lowest BCUT2D eigenvalue weighted by Crippen LogP contribution is -2.29. The normalized spacial score (nSPS) is 24.7. The number of hydrogen-bond donors (Lipinski definition) is 1. The van der Waals surface area contributed by atoms with Crippen molar-refractivity contribution in [1.82, 2.24) is 4.90 Å². The van der Waals surface area contributed by atoms with Gasteiger partial charge in [-0.2, -0.15) is 0 Å². The molecule has 108 valence electrons. The predicted molar refractivity (Wildman–Crippen MR) is 83.3 cm³/mol. The molecule has 1 aliphatic carbocycles. The number of thiocarbonyl (C=S) groups is 1. The quantitative estimate of drug-likeness (QED) is 0.480. The van der Waals surface area contributed by atoms with Crippen LogP contribution in [0.4, 0.5) is 0 Å². The molecule has 0 spiro atoms. The molecule has 0 bridgehead atoms. The number of thioether (sulfide) groups is 1. The molecule has 6 heteroatoms. The Morgan fingerprint density at radius 2 is 2.35 bits per heavy atom. The van der Waals surface area contributed by atoms with Crippen LogP contribution in [0.5, 0.6) is 0 Å². The molecule has 1 aliphatic heterocycles. The number of carboxylic acids is 1. The zero-order valence-corrected chi connectivity index (χ0v) is 12.7. The highest BCUT2D eigenvalue weighted by molar-refractivity contribution is 8.26. The third kappa shape index (κ3) is 3.93. The smallest absolute Gasteiger partial charge is 0.303 e. The second-order valence-corrected chi connectivity index (χ2v) is 6.57. The molecular weight excluding hydrogens is 294 g/mol. The van der Waals surface area contributed by atoms with Crippen molar-refractivity contribution in [2.24, 2.45) is 5.92 Å². The van der Waals surface area contributed by atoms with Crippen molar-refractivity contribution < 1.29 is 14.7 Å². The Kier molecular flexibility index (Phi) is 5.37. The Balaban J connectivity index is 1.95. The minimum atomic E-state index is -0.847. The summed E-state index contributed by atoms with van der Waals surface area (Å²) in [5.74, 6) is -0.506. The maximum Gasteiger partial charge on any atom is 0.303 e. The third-order valence-electron chi connectivity index (χ3n) is 3.34. The van der Waals surface area contributed by atoms with Gasteiger partial charge in [-0.05, 0) is 31.6 Å². The van der Waals surface area contributed by atoms with Gasteiger partial charge in [-0.3, -0.25) is 14.5 Å². The van der Waals surface area contributed by atoms with Crippen LogP contribution >= 0.6 is 24.0 Å². The molecule has 2 rings (SSSR count). The van der Waals surface area contributed by atoms with Crippen molar-refractivity contribution >= 4 is 40.2 Å². The summed E-state index contributed by atoms with van der Waals surface area (Å²) in [6.07, 6.45) is 9.94. The van der Waals surface area contributed by atoms with Crippen LogP contribution in [0.2, 0.25) is 0 Å². The van der Waals surface area contributed by atoms with E-state index in [1.54, 1.807) is 0 Å². The molecule has 1 saturated heterocycles. The van der Waals surface area contributed by atoms with Crippen molar-refractivity contribution in [3.8, 4) is 0 Å². The van der Waals surface area contributed by atoms with Crippen molar-refractivity contribution in [2.75, 3.05) is 6.54 Å². The van der Waals surface area contributed by atoms with Crippen molar-refractivity contribution in [1.29, 1.82) is 0 Å². The first-order chi connectivity index (χ1) is 9.58. The second-order valence-electron chi connectivity index (χ2n) is 4.90. The number of hydrogen-bond acceptors (Lipinski definition) is 4. The highest BCUT2D eigenvalue weighted by Crippen LogP contribution is 2.34. The number of amides is 1. The largest absolute Gasteiger partial charge is 0.481 e. The van der Waals surface area contributed by atoms with Crippen LogP contribution in [0.15, 0.2) is 23.1 Å². The van der Waals surface area contributed by atoms with E-state index in [1.165, 1.54) is 16.7 Å². The first kappa shape index (κ1) is 15.3. The third-order valence-corrected chi connectivity index (χ3v) is 4.74. The molecule has 0 saturated carbocycles. The fourth-order valence-corrected chi connectivity index (χ4v) is 3.65. The fraction of sp³-hybridized carbons (Fsp3) is 0.500. The van der Waals surface area contributed by atoms with Gasteiger partial charge in [-0.1, -0.05) is 42.2 Å². The number of nitrogens with zero attached hydrogens (tertiary/aromatic N) is 1. The summed E-state index contributed by atoms with van der Waals surface area (Å²) in [5.41, 5.74) is 0. The average molecular weight is 311 g/mol. The molecular formula is C14H17NO3S2. The van der Waals surface area contributed by atoms with Crippen LogP contribution in [0.25, 0.3) is 0 Å². The summed E-state index contributed by atoms with van der Waals surface area (Å²) >= 11 is 6.54. The number of rotatable bonds is 5. The Labute approximate surface area is 127 Å². The second kappa shape index (κ2) is 7.04. The minimum absolute atomic E-state index is 0.0591. The van der Waals surface area contributed by atoms with E-state index in [1.807, 2.05) is 6.08 Å². The first-order valence-electron chi connectivity index (χ1n) is 6.70. The summed E-state index contributed by atoms with van der Waals surface area (Å²) in [6, 6.07) is 0. The zero-order chi connectivity index (χ0) is 14.5. The van der Waals surface area contributed by atoms with Crippen LogP contribution in [-0.2, 0) is 9.59 Å². The molecule has 1 atom stereocenters. The van der Waals surface area contributed by atoms with E-state index in [9.17, 15) is 9.59 Å². The number of carbonyl (C=O) groups excluding carboxylic acids is 1. The van der Waals surface area contributed by atoms with Crippen molar-refractivity contribution in [3.63, 3.8) is 0 Å². The molecule has 1 N–H and O–H groups in total. The van der Waals surface area contributed by atoms with Crippen LogP contribution in [-0.4, -0.2) is 32.7 Å². The molecule has 0 aromatic heterocycles. The summed E-state index contributed by atoms with van der Waals surface area (Å²) in [6.45, 7) is 0.388. The number of allylic oxidation sites excluding steroid dienone is 3. The van der Waals surface area contributed by atoms with E-state index in [0.717, 1.165) is 19.3 Å². The monoisotopic (exact) mass is 311 g/mol. The van der Waals surface area contributed by atoms with Gasteiger partial charge < -0.3 is 5.11 Å². The van der Waals surface area contributed by atoms with E-state index in [2.05, 4.69) is 12.2 Å². The maximum absolute atomic E-state index is 12.2. The Bertz CT molecular complexity index is 485. The highest BCUT2D eigenvalue weighted by atomic mass is 32.2. The lowest BCUT2D eigenvalue weighted by Gasteiger charge is -2.14. The van der Waals surface area contributed by atoms with Crippen molar-refractivity contribution in [2.45, 2.75) is 32.1 Å². The molecule has 2 aliphatic rings. The van der Waals surface area contributed by atoms with Gasteiger partial charge in [-0.15, -0.1) is 0 Å². The Morgan fingerprint density at radius 1 is 1.55 bits per heavy atom. The molecule has 20 heavy (non-hydrogen) atoms. The molecule has 4 nitrogen and oxygen atoms in total. The SMILES string of the molecule is O=C(O)CCCN1C(=O)/C(=C/C2CC=CCC2)SC1=S. The van der Waals surface area contributed by atoms with Crippen LogP contribution in [0, 0.1) is 5.92 Å². The predicted octanol–water partition coefficient (Wildman–Crippen LogP) is 2.95.